The first kappa shape index (κ1) is 34.3. The Kier molecular flexibility index (Phi) is 9.90. The van der Waals surface area contributed by atoms with Crippen LogP contribution in [0, 0.1) is 35.9 Å². The van der Waals surface area contributed by atoms with E-state index < -0.39 is 44.4 Å². The Labute approximate surface area is 279 Å². The molecule has 21 nitrogen and oxygen atoms in total. The summed E-state index contributed by atoms with van der Waals surface area (Å²) < 4.78 is 14.9. The fraction of sp³-hybridized carbons (Fsp3) is 0.250. The summed E-state index contributed by atoms with van der Waals surface area (Å²) >= 11 is 0. The first-order valence-corrected chi connectivity index (χ1v) is 14.6. The number of halogens is 1. The average molecular weight is 698 g/mol. The Hall–Kier alpha value is -7.00. The predicted octanol–water partition coefficient (Wildman–Crippen LogP) is 1.47. The highest BCUT2D eigenvalue weighted by Crippen LogP contribution is 2.38. The number of fused-ring (bicyclic) bond motifs is 1. The lowest BCUT2D eigenvalue weighted by atomic mass is 10.0. The summed E-state index contributed by atoms with van der Waals surface area (Å²) in [5, 5.41) is 32.8. The van der Waals surface area contributed by atoms with Gasteiger partial charge in [-0.1, -0.05) is 24.3 Å². The Morgan fingerprint density at radius 1 is 0.920 bits per heavy atom. The van der Waals surface area contributed by atoms with E-state index in [9.17, 15) is 44.0 Å². The van der Waals surface area contributed by atoms with E-state index in [-0.39, 0.29) is 53.7 Å². The second-order valence-electron chi connectivity index (χ2n) is 10.9. The van der Waals surface area contributed by atoms with Gasteiger partial charge >= 0.3 is 11.4 Å². The number of aromatic nitrogens is 2. The number of amides is 1. The van der Waals surface area contributed by atoms with Crippen molar-refractivity contribution in [2.24, 2.45) is 0 Å². The summed E-state index contributed by atoms with van der Waals surface area (Å²) in [6.45, 7) is -0.169. The van der Waals surface area contributed by atoms with Crippen LogP contribution in [-0.2, 0) is 6.42 Å². The molecular formula is C28H28FN11O10+2. The van der Waals surface area contributed by atoms with Crippen LogP contribution in [0.3, 0.4) is 0 Å². The molecule has 1 aliphatic heterocycles. The number of carbonyl (C=O) groups is 1. The van der Waals surface area contributed by atoms with E-state index >= 15 is 0 Å². The monoisotopic (exact) mass is 697 g/mol. The van der Waals surface area contributed by atoms with E-state index in [1.165, 1.54) is 31.1 Å². The molecule has 0 atom stereocenters. The van der Waals surface area contributed by atoms with Crippen molar-refractivity contribution in [2.45, 2.75) is 6.42 Å². The molecule has 0 unspecified atom stereocenters. The number of nitro benzene ring substituents is 2. The lowest BCUT2D eigenvalue weighted by Crippen LogP contribution is -2.54. The van der Waals surface area contributed by atoms with Crippen molar-refractivity contribution in [3.05, 3.63) is 118 Å². The summed E-state index contributed by atoms with van der Waals surface area (Å²) in [5.41, 5.74) is 2.54. The van der Waals surface area contributed by atoms with Crippen molar-refractivity contribution in [3.8, 4) is 11.5 Å². The minimum atomic E-state index is -0.992. The Balaban J connectivity index is 1.23. The number of nitrogens with one attached hydrogen (secondary N) is 3. The van der Waals surface area contributed by atoms with E-state index in [4.69, 9.17) is 9.68 Å². The molecule has 3 N–H and O–H groups in total. The number of rotatable bonds is 13. The fourth-order valence-electron chi connectivity index (χ4n) is 4.90. The number of hydrogen-bond donors (Lipinski definition) is 3. The van der Waals surface area contributed by atoms with Gasteiger partial charge in [-0.3, -0.25) is 29.8 Å². The predicted molar refractivity (Wildman–Crippen MR) is 167 cm³/mol. The third-order valence-corrected chi connectivity index (χ3v) is 7.47. The van der Waals surface area contributed by atoms with Gasteiger partial charge in [0.1, 0.15) is 11.9 Å². The minimum Gasteiger partial charge on any atom is -0.335 e. The average Bonchev–Trinajstić information content (AvgIpc) is 3.10. The van der Waals surface area contributed by atoms with Gasteiger partial charge in [0.15, 0.2) is 0 Å². The Morgan fingerprint density at radius 2 is 1.54 bits per heavy atom. The summed E-state index contributed by atoms with van der Waals surface area (Å²) in [6.07, 6.45) is 0.201. The van der Waals surface area contributed by atoms with Gasteiger partial charge in [0, 0.05) is 31.0 Å². The van der Waals surface area contributed by atoms with Crippen molar-refractivity contribution in [1.29, 1.82) is 0 Å². The second kappa shape index (κ2) is 14.4. The summed E-state index contributed by atoms with van der Waals surface area (Å²) in [6, 6.07) is 12.2. The van der Waals surface area contributed by atoms with Gasteiger partial charge in [-0.05, 0) is 23.8 Å². The third-order valence-electron chi connectivity index (χ3n) is 7.47. The second-order valence-corrected chi connectivity index (χ2v) is 10.9. The highest BCUT2D eigenvalue weighted by atomic mass is 19.1. The SMILES string of the molecule is CN(C)[N+](=O)NOc1cc(ON[N+](=O)N2CCN(C(=O)c3cc(Cc4n[nH]c(=O)c5ccccc45)ccc3F)CC2)c([N+](=O)[O-])cc1[N+](=O)[O-]. The molecule has 1 saturated heterocycles. The number of nitrogens with zero attached hydrogens (tertiary/aromatic N) is 8. The number of nitroso groups, excluding NO2 is 2. The van der Waals surface area contributed by atoms with E-state index in [1.807, 2.05) is 11.2 Å². The lowest BCUT2D eigenvalue weighted by Gasteiger charge is -2.29. The smallest absolute Gasteiger partial charge is 0.321 e. The molecule has 0 bridgehead atoms. The van der Waals surface area contributed by atoms with Crippen molar-refractivity contribution in [2.75, 3.05) is 40.3 Å². The topological polar surface area (TPSA) is 241 Å². The molecule has 22 heteroatoms. The van der Waals surface area contributed by atoms with E-state index in [1.54, 1.807) is 24.3 Å². The molecular weight excluding hydrogens is 669 g/mol. The maximum absolute atomic E-state index is 14.9. The van der Waals surface area contributed by atoms with Crippen molar-refractivity contribution < 1.29 is 38.7 Å². The molecule has 0 saturated carbocycles. The summed E-state index contributed by atoms with van der Waals surface area (Å²) in [4.78, 5) is 82.6. The van der Waals surface area contributed by atoms with Crippen LogP contribution in [0.5, 0.6) is 11.5 Å². The number of hydrazine groups is 4. The number of carbonyl (C=O) groups excluding carboxylic acids is 1. The Bertz CT molecular complexity index is 2070. The van der Waals surface area contributed by atoms with E-state index in [0.29, 0.717) is 28.1 Å². The molecule has 1 aliphatic rings. The minimum absolute atomic E-state index is 0.0199. The van der Waals surface area contributed by atoms with Crippen LogP contribution >= 0.6 is 0 Å². The van der Waals surface area contributed by atoms with Gasteiger partial charge in [-0.2, -0.15) is 5.10 Å². The first-order chi connectivity index (χ1) is 23.8. The van der Waals surface area contributed by atoms with E-state index in [0.717, 1.165) is 22.2 Å². The molecule has 1 fully saturated rings. The largest absolute Gasteiger partial charge is 0.335 e. The van der Waals surface area contributed by atoms with Crippen LogP contribution in [0.1, 0.15) is 21.6 Å². The lowest BCUT2D eigenvalue weighted by molar-refractivity contribution is -0.782. The van der Waals surface area contributed by atoms with Crippen LogP contribution in [0.2, 0.25) is 0 Å². The molecule has 0 radical (unpaired) electrons. The van der Waals surface area contributed by atoms with Crippen LogP contribution in [-0.4, -0.2) is 91.1 Å². The van der Waals surface area contributed by atoms with Crippen molar-refractivity contribution in [3.63, 3.8) is 0 Å². The van der Waals surface area contributed by atoms with Crippen molar-refractivity contribution in [1.82, 2.24) is 36.3 Å². The van der Waals surface area contributed by atoms with E-state index in [2.05, 4.69) is 10.2 Å². The molecule has 4 aromatic rings. The summed E-state index contributed by atoms with van der Waals surface area (Å²) in [7, 11) is 2.66. The number of nitro groups is 2. The molecule has 0 aliphatic carbocycles. The Morgan fingerprint density at radius 3 is 2.16 bits per heavy atom. The normalized spacial score (nSPS) is 12.6. The number of H-pyrrole nitrogens is 1. The molecule has 3 aromatic carbocycles. The molecule has 1 amide bonds. The zero-order chi connectivity index (χ0) is 36.1. The third kappa shape index (κ3) is 7.42. The quantitative estimate of drug-likeness (QED) is 0.102. The first-order valence-electron chi connectivity index (χ1n) is 14.6. The van der Waals surface area contributed by atoms with Crippen molar-refractivity contribution >= 4 is 28.1 Å². The zero-order valence-corrected chi connectivity index (χ0v) is 26.3. The van der Waals surface area contributed by atoms with Gasteiger partial charge in [0.05, 0.1) is 74.7 Å². The van der Waals surface area contributed by atoms with Gasteiger partial charge in [0.25, 0.3) is 21.4 Å². The van der Waals surface area contributed by atoms with Crippen LogP contribution in [0.15, 0.2) is 59.4 Å². The number of aromatic amines is 1. The number of piperazine rings is 1. The molecule has 5 rings (SSSR count). The molecule has 260 valence electrons. The van der Waals surface area contributed by atoms with Gasteiger partial charge < -0.3 is 14.6 Å². The van der Waals surface area contributed by atoms with Crippen LogP contribution in [0.4, 0.5) is 15.8 Å². The van der Waals surface area contributed by atoms with Crippen LogP contribution < -0.4 is 26.4 Å². The highest BCUT2D eigenvalue weighted by Gasteiger charge is 2.34. The zero-order valence-electron chi connectivity index (χ0n) is 26.3. The maximum atomic E-state index is 14.9. The van der Waals surface area contributed by atoms with Gasteiger partial charge in [0.2, 0.25) is 11.5 Å². The van der Waals surface area contributed by atoms with Crippen LogP contribution in [0.25, 0.3) is 10.8 Å². The fourth-order valence-corrected chi connectivity index (χ4v) is 4.90. The molecule has 0 spiro atoms. The maximum Gasteiger partial charge on any atom is 0.321 e. The molecule has 50 heavy (non-hydrogen) atoms. The number of hydrogen-bond acceptors (Lipinski definition) is 11. The standard InChI is InChI=1S/C28H27FN11O10/c1-34(2)39(47)32-49-25-16-26(24(38(45)46)15-23(25)37(43)44)50-33-40(48)36-11-9-35(10-12-36)28(42)20-13-17(7-8-21(20)29)14-22-18-5-3-4-6-19(18)27(41)31-30-22/h3-8,13,15-16H,9-12,14H2,1-2H3,(H2-,31,32,33,41,47,48)/q+1/p+1. The van der Waals surface area contributed by atoms with Gasteiger partial charge in [-0.25, -0.2) is 9.49 Å². The van der Waals surface area contributed by atoms with Gasteiger partial charge in [-0.15, -0.1) is 10.0 Å². The highest BCUT2D eigenvalue weighted by molar-refractivity contribution is 5.95. The summed E-state index contributed by atoms with van der Waals surface area (Å²) in [5.74, 6) is -2.70. The number of benzene rings is 3. The molecule has 2 heterocycles. The molecule has 1 aromatic heterocycles.